The summed E-state index contributed by atoms with van der Waals surface area (Å²) in [6, 6.07) is 24.6. The van der Waals surface area contributed by atoms with E-state index in [0.717, 1.165) is 97.7 Å². The molecule has 77 heavy (non-hydrogen) atoms. The van der Waals surface area contributed by atoms with Gasteiger partial charge in [-0.1, -0.05) is 57.2 Å². The smallest absolute Gasteiger partial charge is 0.258 e. The molecule has 0 aliphatic carbocycles. The molecule has 4 heterocycles. The molecule has 8 rings (SSSR count). The number of nitrogens with two attached hydrogens (primary N) is 2. The van der Waals surface area contributed by atoms with Gasteiger partial charge in [0, 0.05) is 75.4 Å². The molecule has 3 fully saturated rings. The van der Waals surface area contributed by atoms with Gasteiger partial charge in [0.15, 0.2) is 5.96 Å². The van der Waals surface area contributed by atoms with Crippen molar-refractivity contribution < 1.29 is 33.5 Å². The number of carbonyl (C=O) groups is 5. The minimum absolute atomic E-state index is 0. The summed E-state index contributed by atoms with van der Waals surface area (Å²) in [4.78, 5) is 84.7. The number of guanidine groups is 1. The zero-order chi connectivity index (χ0) is 54.1. The van der Waals surface area contributed by atoms with Crippen molar-refractivity contribution in [1.29, 1.82) is 0 Å². The molecule has 0 bridgehead atoms. The molecule has 0 saturated carbocycles. The number of hydrogen-bond acceptors (Lipinski definition) is 12. The number of rotatable bonds is 17. The van der Waals surface area contributed by atoms with E-state index >= 15 is 0 Å². The number of nitrogens with zero attached hydrogens (tertiary/aromatic N) is 6. The number of aliphatic hydroxyl groups excluding tert-OH is 1. The third-order valence-electron chi connectivity index (χ3n) is 14.2. The van der Waals surface area contributed by atoms with Gasteiger partial charge in [0.2, 0.25) is 23.6 Å². The molecule has 3 aliphatic rings. The Labute approximate surface area is 459 Å². The number of aryl methyl sites for hydroxylation is 1. The standard InChI is InChI=1S/C56H69FN12O6S.ClH/c1-35-50(76-34-61-35)39-9-5-37(6-10-39)30-60-53(74)47-29-44(70)32-69(47)54(75)51(56(2,3)4)65-49(72)33-66-21-19-38(20-22-66)31-67-23-25-68(26-24-67)43-16-13-40(14-17-43)62-48(71)27-36-7-11-41(12-8-36)63-52(73)45-18-15-42(28-46(45)57)64-55(58)59;/h5-18,28,34,38,44,47,51,70H,19-27,29-33H2,1-4H3,(H,60,74)(H,62,71)(H,63,73)(H,65,72)(H4,58,59,64);1H/t44-,47+,51-;/m1./s1. The number of nitrogens with one attached hydrogen (secondary N) is 4. The maximum atomic E-state index is 14.5. The first-order chi connectivity index (χ1) is 36.3. The normalized spacial score (nSPS) is 17.7. The average Bonchev–Trinajstić information content (AvgIpc) is 4.03. The van der Waals surface area contributed by atoms with Crippen LogP contribution in [0.3, 0.4) is 0 Å². The Morgan fingerprint density at radius 2 is 1.48 bits per heavy atom. The largest absolute Gasteiger partial charge is 0.391 e. The van der Waals surface area contributed by atoms with Crippen molar-refractivity contribution in [2.24, 2.45) is 27.8 Å². The first-order valence-electron chi connectivity index (χ1n) is 25.8. The first-order valence-corrected chi connectivity index (χ1v) is 26.7. The van der Waals surface area contributed by atoms with Gasteiger partial charge in [-0.2, -0.15) is 0 Å². The molecule has 18 nitrogen and oxygen atoms in total. The number of aromatic nitrogens is 1. The number of aliphatic hydroxyl groups is 1. The third kappa shape index (κ3) is 15.6. The minimum Gasteiger partial charge on any atom is -0.391 e. The highest BCUT2D eigenvalue weighted by Gasteiger charge is 2.44. The average molecular weight is 1090 g/mol. The van der Waals surface area contributed by atoms with E-state index in [4.69, 9.17) is 11.5 Å². The number of piperidine rings is 1. The maximum absolute atomic E-state index is 14.5. The van der Waals surface area contributed by atoms with Gasteiger partial charge in [-0.15, -0.1) is 23.7 Å². The zero-order valence-electron chi connectivity index (χ0n) is 44.0. The van der Waals surface area contributed by atoms with Gasteiger partial charge in [0.1, 0.15) is 17.9 Å². The van der Waals surface area contributed by atoms with Crippen LogP contribution in [0.5, 0.6) is 0 Å². The Hall–Kier alpha value is -6.97. The lowest BCUT2D eigenvalue weighted by Crippen LogP contribution is -2.59. The number of thiazole rings is 1. The fraction of sp³-hybridized carbons (Fsp3) is 0.411. The van der Waals surface area contributed by atoms with Crippen LogP contribution < -0.4 is 37.6 Å². The Morgan fingerprint density at radius 1 is 0.831 bits per heavy atom. The fourth-order valence-corrected chi connectivity index (χ4v) is 10.8. The Morgan fingerprint density at radius 3 is 2.10 bits per heavy atom. The number of amides is 5. The quantitative estimate of drug-likeness (QED) is 0.0441. The van der Waals surface area contributed by atoms with Crippen molar-refractivity contribution in [1.82, 2.24) is 30.3 Å². The van der Waals surface area contributed by atoms with Crippen LogP contribution in [0.15, 0.2) is 101 Å². The molecule has 4 aromatic carbocycles. The summed E-state index contributed by atoms with van der Waals surface area (Å²) < 4.78 is 14.5. The van der Waals surface area contributed by atoms with E-state index < -0.39 is 35.3 Å². The predicted molar refractivity (Wildman–Crippen MR) is 302 cm³/mol. The van der Waals surface area contributed by atoms with Crippen molar-refractivity contribution in [2.45, 2.75) is 78.1 Å². The van der Waals surface area contributed by atoms with Crippen LogP contribution in [0.4, 0.5) is 27.1 Å². The van der Waals surface area contributed by atoms with Crippen LogP contribution in [0, 0.1) is 24.1 Å². The summed E-state index contributed by atoms with van der Waals surface area (Å²) in [6.45, 7) is 14.3. The van der Waals surface area contributed by atoms with Crippen molar-refractivity contribution in [3.05, 3.63) is 125 Å². The van der Waals surface area contributed by atoms with E-state index in [9.17, 15) is 33.5 Å². The Bertz CT molecular complexity index is 2880. The highest BCUT2D eigenvalue weighted by atomic mass is 35.5. The molecule has 5 aromatic rings. The topological polar surface area (TPSA) is 244 Å². The van der Waals surface area contributed by atoms with Crippen LogP contribution in [0.2, 0.25) is 0 Å². The molecular weight excluding hydrogens is 1020 g/mol. The van der Waals surface area contributed by atoms with Crippen molar-refractivity contribution in [2.75, 3.05) is 74.4 Å². The van der Waals surface area contributed by atoms with Crippen LogP contribution in [0.25, 0.3) is 10.4 Å². The second kappa shape index (κ2) is 25.9. The summed E-state index contributed by atoms with van der Waals surface area (Å²) in [5, 5.41) is 22.3. The lowest BCUT2D eigenvalue weighted by Gasteiger charge is -2.40. The van der Waals surface area contributed by atoms with Gasteiger partial charge in [-0.3, -0.25) is 33.8 Å². The monoisotopic (exact) mass is 1090 g/mol. The second-order valence-corrected chi connectivity index (χ2v) is 21.9. The number of anilines is 3. The molecular formula is C56H70ClFN12O6S. The van der Waals surface area contributed by atoms with E-state index in [1.165, 1.54) is 17.0 Å². The van der Waals surface area contributed by atoms with E-state index in [2.05, 4.69) is 45.9 Å². The van der Waals surface area contributed by atoms with Crippen LogP contribution in [-0.4, -0.2) is 137 Å². The predicted octanol–water partition coefficient (Wildman–Crippen LogP) is 5.66. The molecule has 0 radical (unpaired) electrons. The molecule has 9 N–H and O–H groups in total. The van der Waals surface area contributed by atoms with E-state index in [-0.39, 0.29) is 85.7 Å². The van der Waals surface area contributed by atoms with Crippen LogP contribution >= 0.6 is 23.7 Å². The summed E-state index contributed by atoms with van der Waals surface area (Å²) in [5.41, 5.74) is 17.8. The fourth-order valence-electron chi connectivity index (χ4n) is 10.0. The molecule has 5 amide bonds. The highest BCUT2D eigenvalue weighted by molar-refractivity contribution is 7.13. The molecule has 0 spiro atoms. The van der Waals surface area contributed by atoms with E-state index in [0.29, 0.717) is 17.3 Å². The lowest BCUT2D eigenvalue weighted by molar-refractivity contribution is -0.144. The number of halogens is 2. The molecule has 3 atom stereocenters. The number of aliphatic imine (C=N–C) groups is 1. The minimum atomic E-state index is -0.891. The summed E-state index contributed by atoms with van der Waals surface area (Å²) >= 11 is 1.58. The lowest BCUT2D eigenvalue weighted by atomic mass is 9.85. The summed E-state index contributed by atoms with van der Waals surface area (Å²) in [5.74, 6) is -2.27. The van der Waals surface area contributed by atoms with E-state index in [1.807, 2.05) is 81.7 Å². The Balaban J connectivity index is 0.00000861. The number of piperazine rings is 1. The SMILES string of the molecule is Cc1ncsc1-c1ccc(CNC(=O)[C@@H]2C[C@@H](O)CN2C(=O)[C@@H](NC(=O)CN2CCC(CN3CCN(c4ccc(NC(=O)Cc5ccc(NC(=O)c6ccc(N=C(N)N)cc6F)cc5)cc4)CC3)CC2)C(C)(C)C)cc1.Cl. The zero-order valence-corrected chi connectivity index (χ0v) is 45.6. The summed E-state index contributed by atoms with van der Waals surface area (Å²) in [6.07, 6.45) is 1.32. The molecule has 1 aromatic heterocycles. The van der Waals surface area contributed by atoms with Crippen molar-refractivity contribution >= 4 is 82.0 Å². The van der Waals surface area contributed by atoms with Gasteiger partial charge < -0.3 is 47.6 Å². The van der Waals surface area contributed by atoms with Crippen LogP contribution in [0.1, 0.15) is 67.2 Å². The second-order valence-electron chi connectivity index (χ2n) is 21.1. The molecule has 3 aliphatic heterocycles. The summed E-state index contributed by atoms with van der Waals surface area (Å²) in [7, 11) is 0. The highest BCUT2D eigenvalue weighted by Crippen LogP contribution is 2.30. The van der Waals surface area contributed by atoms with Crippen molar-refractivity contribution in [3.63, 3.8) is 0 Å². The Kier molecular flexibility index (Phi) is 19.4. The number of benzene rings is 4. The van der Waals surface area contributed by atoms with Gasteiger partial charge in [0.05, 0.1) is 46.4 Å². The van der Waals surface area contributed by atoms with Crippen LogP contribution in [-0.2, 0) is 32.1 Å². The number of carbonyl (C=O) groups excluding carboxylic acids is 5. The number of hydrogen-bond donors (Lipinski definition) is 7. The third-order valence-corrected chi connectivity index (χ3v) is 15.2. The van der Waals surface area contributed by atoms with Gasteiger partial charge in [-0.05, 0) is 109 Å². The van der Waals surface area contributed by atoms with E-state index in [1.54, 1.807) is 35.6 Å². The van der Waals surface area contributed by atoms with Gasteiger partial charge in [0.25, 0.3) is 5.91 Å². The van der Waals surface area contributed by atoms with Gasteiger partial charge in [-0.25, -0.2) is 14.4 Å². The number of likely N-dealkylation sites (tertiary alicyclic amines) is 2. The number of β-amino-alcohol motifs (C(OH)–C–C–N with tert-alkyl or cyclic N) is 1. The van der Waals surface area contributed by atoms with Gasteiger partial charge >= 0.3 is 0 Å². The molecule has 0 unspecified atom stereocenters. The van der Waals surface area contributed by atoms with Crippen molar-refractivity contribution in [3.8, 4) is 10.4 Å². The first kappa shape index (κ1) is 57.7. The molecule has 21 heteroatoms. The molecule has 410 valence electrons. The molecule has 3 saturated heterocycles. The maximum Gasteiger partial charge on any atom is 0.258 e.